The highest BCUT2D eigenvalue weighted by Gasteiger charge is 2.20. The lowest BCUT2D eigenvalue weighted by molar-refractivity contribution is -0.757. The second-order valence-corrected chi connectivity index (χ2v) is 4.29. The summed E-state index contributed by atoms with van der Waals surface area (Å²) >= 11 is 0. The van der Waals surface area contributed by atoms with Crippen LogP contribution in [0.2, 0.25) is 0 Å². The third-order valence-electron chi connectivity index (χ3n) is 2.89. The molecule has 0 heterocycles. The number of carbonyl (C=O) groups is 1. The van der Waals surface area contributed by atoms with Crippen LogP contribution in [-0.4, -0.2) is 27.7 Å². The second-order valence-electron chi connectivity index (χ2n) is 4.29. The van der Waals surface area contributed by atoms with Crippen molar-refractivity contribution in [2.45, 2.75) is 25.2 Å². The smallest absolute Gasteiger partial charge is 0.310 e. The largest absolute Gasteiger partial charge is 0.481 e. The highest BCUT2D eigenvalue weighted by atomic mass is 16.9. The maximum atomic E-state index is 11.2. The van der Waals surface area contributed by atoms with Gasteiger partial charge in [0.15, 0.2) is 0 Å². The Kier molecular flexibility index (Phi) is 6.05. The fraction of sp³-hybridized carbons (Fsp3) is 0.417. The number of hydrogen-bond donors (Lipinski definition) is 1. The van der Waals surface area contributed by atoms with E-state index in [1.54, 1.807) is 0 Å². The van der Waals surface area contributed by atoms with Gasteiger partial charge < -0.3 is 9.94 Å². The van der Waals surface area contributed by atoms with Crippen LogP contribution in [0.3, 0.4) is 0 Å². The van der Waals surface area contributed by atoms with E-state index in [0.29, 0.717) is 18.4 Å². The summed E-state index contributed by atoms with van der Waals surface area (Å²) in [7, 11) is 0. The Hall–Kier alpha value is -2.71. The van der Waals surface area contributed by atoms with Gasteiger partial charge in [-0.1, -0.05) is 18.6 Å². The van der Waals surface area contributed by atoms with E-state index < -0.39 is 21.9 Å². The number of nitrogens with zero attached hydrogens (tertiary/aromatic N) is 2. The van der Waals surface area contributed by atoms with Crippen LogP contribution in [0.4, 0.5) is 5.69 Å². The van der Waals surface area contributed by atoms with Gasteiger partial charge in [-0.25, -0.2) is 0 Å². The van der Waals surface area contributed by atoms with E-state index in [2.05, 4.69) is 4.84 Å². The van der Waals surface area contributed by atoms with E-state index in [0.717, 1.165) is 0 Å². The molecule has 1 rings (SSSR count). The van der Waals surface area contributed by atoms with E-state index >= 15 is 0 Å². The van der Waals surface area contributed by atoms with Crippen LogP contribution in [0.1, 0.15) is 30.7 Å². The van der Waals surface area contributed by atoms with Crippen molar-refractivity contribution in [1.82, 2.24) is 0 Å². The van der Waals surface area contributed by atoms with Gasteiger partial charge >= 0.3 is 5.97 Å². The predicted octanol–water partition coefficient (Wildman–Crippen LogP) is 2.14. The Morgan fingerprint density at radius 1 is 1.19 bits per heavy atom. The molecule has 0 bridgehead atoms. The van der Waals surface area contributed by atoms with E-state index in [1.165, 1.54) is 24.3 Å². The summed E-state index contributed by atoms with van der Waals surface area (Å²) in [6.07, 6.45) is 1.06. The topological polar surface area (TPSA) is 133 Å². The number of carboxylic acids is 1. The minimum atomic E-state index is -1.04. The number of nitro benzene ring substituents is 1. The first-order valence-electron chi connectivity index (χ1n) is 6.16. The molecule has 0 amide bonds. The van der Waals surface area contributed by atoms with Gasteiger partial charge in [0.25, 0.3) is 10.8 Å². The third kappa shape index (κ3) is 5.43. The molecule has 0 saturated heterocycles. The first-order chi connectivity index (χ1) is 9.91. The summed E-state index contributed by atoms with van der Waals surface area (Å²) in [6.45, 7) is -0.0837. The maximum Gasteiger partial charge on any atom is 0.310 e. The van der Waals surface area contributed by atoms with E-state index in [9.17, 15) is 30.1 Å². The van der Waals surface area contributed by atoms with E-state index in [1.807, 2.05) is 0 Å². The van der Waals surface area contributed by atoms with Crippen LogP contribution in [0, 0.1) is 20.2 Å². The summed E-state index contributed by atoms with van der Waals surface area (Å²) in [6, 6.07) is 5.32. The zero-order valence-electron chi connectivity index (χ0n) is 11.0. The lowest BCUT2D eigenvalue weighted by atomic mass is 9.93. The number of nitro groups is 1. The average molecular weight is 298 g/mol. The summed E-state index contributed by atoms with van der Waals surface area (Å²) < 4.78 is 0. The number of non-ortho nitro benzene ring substituents is 1. The van der Waals surface area contributed by atoms with Crippen LogP contribution in [-0.2, 0) is 9.63 Å². The Bertz CT molecular complexity index is 515. The quantitative estimate of drug-likeness (QED) is 0.419. The number of rotatable bonds is 9. The Morgan fingerprint density at radius 2 is 1.81 bits per heavy atom. The maximum absolute atomic E-state index is 11.2. The van der Waals surface area contributed by atoms with Gasteiger partial charge in [-0.2, -0.15) is 0 Å². The van der Waals surface area contributed by atoms with Crippen molar-refractivity contribution in [1.29, 1.82) is 0 Å². The highest BCUT2D eigenvalue weighted by Crippen LogP contribution is 2.24. The fourth-order valence-electron chi connectivity index (χ4n) is 1.85. The van der Waals surface area contributed by atoms with Crippen molar-refractivity contribution in [3.05, 3.63) is 50.1 Å². The standard InChI is InChI=1S/C12H14N2O7/c15-12(16)11(3-1-2-8-21-14(19)20)9-4-6-10(7-5-9)13(17)18/h4-7,11H,1-3,8H2,(H,15,16). The molecule has 0 aliphatic carbocycles. The number of aliphatic carboxylic acids is 1. The lowest BCUT2D eigenvalue weighted by Gasteiger charge is -2.12. The molecule has 0 saturated carbocycles. The molecule has 1 atom stereocenters. The van der Waals surface area contributed by atoms with Crippen molar-refractivity contribution >= 4 is 11.7 Å². The molecule has 0 fully saturated rings. The molecule has 9 heteroatoms. The predicted molar refractivity (Wildman–Crippen MR) is 70.3 cm³/mol. The van der Waals surface area contributed by atoms with Gasteiger partial charge in [0.1, 0.15) is 0 Å². The van der Waals surface area contributed by atoms with Gasteiger partial charge in [-0.3, -0.25) is 14.9 Å². The van der Waals surface area contributed by atoms with Crippen molar-refractivity contribution in [3.63, 3.8) is 0 Å². The van der Waals surface area contributed by atoms with Crippen LogP contribution in [0.15, 0.2) is 24.3 Å². The van der Waals surface area contributed by atoms with E-state index in [4.69, 9.17) is 0 Å². The number of unbranched alkanes of at least 4 members (excludes halogenated alkanes) is 1. The summed E-state index contributed by atoms with van der Waals surface area (Å²) in [5, 5.41) is 28.8. The van der Waals surface area contributed by atoms with Gasteiger partial charge in [0.2, 0.25) is 0 Å². The minimum Gasteiger partial charge on any atom is -0.481 e. The average Bonchev–Trinajstić information content (AvgIpc) is 2.42. The molecule has 0 spiro atoms. The Morgan fingerprint density at radius 3 is 2.29 bits per heavy atom. The van der Waals surface area contributed by atoms with Crippen molar-refractivity contribution in [3.8, 4) is 0 Å². The molecule has 0 aliphatic rings. The molecule has 1 aromatic rings. The highest BCUT2D eigenvalue weighted by molar-refractivity contribution is 5.76. The van der Waals surface area contributed by atoms with Gasteiger partial charge in [0.05, 0.1) is 17.4 Å². The number of benzene rings is 1. The van der Waals surface area contributed by atoms with Crippen molar-refractivity contribution in [2.75, 3.05) is 6.61 Å². The molecular formula is C12H14N2O7. The molecule has 1 unspecified atom stereocenters. The van der Waals surface area contributed by atoms with Crippen LogP contribution < -0.4 is 0 Å². The normalized spacial score (nSPS) is 11.6. The Balaban J connectivity index is 2.58. The van der Waals surface area contributed by atoms with E-state index in [-0.39, 0.29) is 18.7 Å². The molecule has 0 aromatic heterocycles. The van der Waals surface area contributed by atoms with Crippen molar-refractivity contribution < 1.29 is 24.7 Å². The first kappa shape index (κ1) is 16.3. The molecular weight excluding hydrogens is 284 g/mol. The van der Waals surface area contributed by atoms with Crippen LogP contribution >= 0.6 is 0 Å². The molecule has 0 radical (unpaired) electrons. The molecule has 114 valence electrons. The first-order valence-corrected chi connectivity index (χ1v) is 6.16. The minimum absolute atomic E-state index is 0.0837. The number of hydrogen-bond acceptors (Lipinski definition) is 6. The summed E-state index contributed by atoms with van der Waals surface area (Å²) in [4.78, 5) is 35.3. The molecule has 1 N–H and O–H groups in total. The molecule has 21 heavy (non-hydrogen) atoms. The van der Waals surface area contributed by atoms with Gasteiger partial charge in [0, 0.05) is 12.1 Å². The summed E-state index contributed by atoms with van der Waals surface area (Å²) in [5.74, 6) is -1.85. The summed E-state index contributed by atoms with van der Waals surface area (Å²) in [5.41, 5.74) is 0.352. The third-order valence-corrected chi connectivity index (χ3v) is 2.89. The van der Waals surface area contributed by atoms with Gasteiger partial charge in [-0.05, 0) is 18.4 Å². The zero-order chi connectivity index (χ0) is 15.8. The zero-order valence-corrected chi connectivity index (χ0v) is 11.0. The van der Waals surface area contributed by atoms with Gasteiger partial charge in [-0.15, -0.1) is 10.1 Å². The lowest BCUT2D eigenvalue weighted by Crippen LogP contribution is -2.12. The SMILES string of the molecule is O=C(O)C(CCCCO[N+](=O)[O-])c1ccc([N+](=O)[O-])cc1. The molecule has 1 aromatic carbocycles. The van der Waals surface area contributed by atoms with Crippen LogP contribution in [0.5, 0.6) is 0 Å². The van der Waals surface area contributed by atoms with Crippen LogP contribution in [0.25, 0.3) is 0 Å². The molecule has 0 aliphatic heterocycles. The van der Waals surface area contributed by atoms with Crippen molar-refractivity contribution in [2.24, 2.45) is 0 Å². The molecule has 9 nitrogen and oxygen atoms in total. The second kappa shape index (κ2) is 7.78. The monoisotopic (exact) mass is 298 g/mol. The fourth-order valence-corrected chi connectivity index (χ4v) is 1.85. The number of carboxylic acid groups (broad SMARTS) is 1. The Labute approximate surface area is 119 Å².